The maximum absolute atomic E-state index is 3.47. The van der Waals surface area contributed by atoms with Gasteiger partial charge in [0.25, 0.3) is 0 Å². The summed E-state index contributed by atoms with van der Waals surface area (Å²) < 4.78 is 0. The van der Waals surface area contributed by atoms with Gasteiger partial charge in [0, 0.05) is 24.1 Å². The summed E-state index contributed by atoms with van der Waals surface area (Å²) in [7, 11) is 0. The predicted octanol–water partition coefficient (Wildman–Crippen LogP) is 3.67. The number of alkyl halides is 1. The molecule has 1 saturated heterocycles. The summed E-state index contributed by atoms with van der Waals surface area (Å²) in [5, 5.41) is 0.945. The van der Waals surface area contributed by atoms with Crippen LogP contribution in [0.15, 0.2) is 24.3 Å². The molecule has 1 aromatic rings. The zero-order valence-electron chi connectivity index (χ0n) is 9.41. The van der Waals surface area contributed by atoms with E-state index in [1.807, 2.05) is 0 Å². The third-order valence-corrected chi connectivity index (χ3v) is 4.09. The van der Waals surface area contributed by atoms with Gasteiger partial charge in [-0.15, -0.1) is 0 Å². The smallest absolute Gasteiger partial charge is 0.0366 e. The van der Waals surface area contributed by atoms with Crippen LogP contribution in [0.3, 0.4) is 0 Å². The Bertz CT molecular complexity index is 310. The van der Waals surface area contributed by atoms with E-state index in [2.05, 4.69) is 58.9 Å². The quantitative estimate of drug-likeness (QED) is 0.740. The van der Waals surface area contributed by atoms with Gasteiger partial charge in [-0.2, -0.15) is 0 Å². The fraction of sp³-hybridized carbons (Fsp3) is 0.538. The summed E-state index contributed by atoms with van der Waals surface area (Å²) in [4.78, 5) is 2.49. The highest BCUT2D eigenvalue weighted by molar-refractivity contribution is 9.08. The van der Waals surface area contributed by atoms with Crippen LogP contribution < -0.4 is 4.90 Å². The van der Waals surface area contributed by atoms with Crippen LogP contribution in [0.1, 0.15) is 19.4 Å². The molecule has 2 heteroatoms. The lowest BCUT2D eigenvalue weighted by Gasteiger charge is -2.18. The Morgan fingerprint density at radius 1 is 1.13 bits per heavy atom. The molecule has 1 fully saturated rings. The second kappa shape index (κ2) is 4.56. The van der Waals surface area contributed by atoms with Gasteiger partial charge in [-0.05, 0) is 29.5 Å². The number of hydrogen-bond donors (Lipinski definition) is 0. The topological polar surface area (TPSA) is 3.24 Å². The van der Waals surface area contributed by atoms with Crippen molar-refractivity contribution < 1.29 is 0 Å². The lowest BCUT2D eigenvalue weighted by Crippen LogP contribution is -2.19. The third-order valence-electron chi connectivity index (χ3n) is 3.44. The summed E-state index contributed by atoms with van der Waals surface area (Å²) in [6.07, 6.45) is 0. The van der Waals surface area contributed by atoms with Crippen molar-refractivity contribution in [1.82, 2.24) is 0 Å². The molecule has 1 nitrogen and oxygen atoms in total. The second-order valence-corrected chi connectivity index (χ2v) is 5.22. The molecule has 0 N–H and O–H groups in total. The highest BCUT2D eigenvalue weighted by Crippen LogP contribution is 2.27. The summed E-state index contributed by atoms with van der Waals surface area (Å²) in [6, 6.07) is 8.89. The maximum atomic E-state index is 3.47. The van der Waals surface area contributed by atoms with Gasteiger partial charge in [-0.3, -0.25) is 0 Å². The van der Waals surface area contributed by atoms with Crippen LogP contribution in [0, 0.1) is 11.8 Å². The third kappa shape index (κ3) is 2.36. The lowest BCUT2D eigenvalue weighted by molar-refractivity contribution is 0.494. The second-order valence-electron chi connectivity index (χ2n) is 4.66. The maximum Gasteiger partial charge on any atom is 0.0366 e. The Hall–Kier alpha value is -0.500. The minimum Gasteiger partial charge on any atom is -0.371 e. The van der Waals surface area contributed by atoms with Crippen LogP contribution in [0.2, 0.25) is 0 Å². The van der Waals surface area contributed by atoms with Gasteiger partial charge >= 0.3 is 0 Å². The lowest BCUT2D eigenvalue weighted by atomic mass is 10.0. The summed E-state index contributed by atoms with van der Waals surface area (Å²) in [5.41, 5.74) is 2.72. The molecule has 2 rings (SSSR count). The predicted molar refractivity (Wildman–Crippen MR) is 69.6 cm³/mol. The summed E-state index contributed by atoms with van der Waals surface area (Å²) in [6.45, 7) is 7.10. The Kier molecular flexibility index (Phi) is 3.35. The average molecular weight is 268 g/mol. The normalized spacial score (nSPS) is 25.9. The van der Waals surface area contributed by atoms with Crippen molar-refractivity contribution in [3.05, 3.63) is 29.8 Å². The molecule has 15 heavy (non-hydrogen) atoms. The molecule has 1 aliphatic heterocycles. The summed E-state index contributed by atoms with van der Waals surface area (Å²) in [5.74, 6) is 1.64. The van der Waals surface area contributed by atoms with Crippen LogP contribution in [0.4, 0.5) is 5.69 Å². The molecule has 2 atom stereocenters. The monoisotopic (exact) mass is 267 g/mol. The van der Waals surface area contributed by atoms with Gasteiger partial charge in [-0.25, -0.2) is 0 Å². The number of rotatable bonds is 2. The molecule has 0 aromatic heterocycles. The molecule has 0 radical (unpaired) electrons. The summed E-state index contributed by atoms with van der Waals surface area (Å²) >= 11 is 3.47. The van der Waals surface area contributed by atoms with E-state index in [0.29, 0.717) is 0 Å². The minimum absolute atomic E-state index is 0.820. The van der Waals surface area contributed by atoms with E-state index in [1.165, 1.54) is 24.3 Å². The molecular formula is C13H18BrN. The molecule has 1 heterocycles. The van der Waals surface area contributed by atoms with Crippen molar-refractivity contribution in [1.29, 1.82) is 0 Å². The highest BCUT2D eigenvalue weighted by atomic mass is 79.9. The Balaban J connectivity index is 2.10. The van der Waals surface area contributed by atoms with Crippen molar-refractivity contribution in [2.75, 3.05) is 18.0 Å². The minimum atomic E-state index is 0.820. The molecule has 0 saturated carbocycles. The highest BCUT2D eigenvalue weighted by Gasteiger charge is 2.25. The molecule has 82 valence electrons. The molecule has 1 aromatic carbocycles. The van der Waals surface area contributed by atoms with E-state index in [0.717, 1.165) is 17.2 Å². The molecule has 0 bridgehead atoms. The first-order valence-corrected chi connectivity index (χ1v) is 6.72. The number of halogens is 1. The first-order chi connectivity index (χ1) is 7.20. The molecule has 2 unspecified atom stereocenters. The van der Waals surface area contributed by atoms with E-state index >= 15 is 0 Å². The van der Waals surface area contributed by atoms with Gasteiger partial charge in [0.2, 0.25) is 0 Å². The molecule has 0 aliphatic carbocycles. The molecular weight excluding hydrogens is 250 g/mol. The largest absolute Gasteiger partial charge is 0.371 e. The molecule has 1 aliphatic rings. The van der Waals surface area contributed by atoms with Crippen molar-refractivity contribution in [3.63, 3.8) is 0 Å². The Labute approximate surface area is 101 Å². The molecule has 0 spiro atoms. The van der Waals surface area contributed by atoms with Crippen molar-refractivity contribution >= 4 is 21.6 Å². The van der Waals surface area contributed by atoms with E-state index < -0.39 is 0 Å². The van der Waals surface area contributed by atoms with Crippen molar-refractivity contribution in [3.8, 4) is 0 Å². The van der Waals surface area contributed by atoms with Gasteiger partial charge in [0.05, 0.1) is 0 Å². The van der Waals surface area contributed by atoms with E-state index in [1.54, 1.807) is 0 Å². The van der Waals surface area contributed by atoms with E-state index in [9.17, 15) is 0 Å². The molecule has 0 amide bonds. The Morgan fingerprint density at radius 3 is 2.13 bits per heavy atom. The first kappa shape index (κ1) is 11.0. The fourth-order valence-corrected chi connectivity index (χ4v) is 2.51. The van der Waals surface area contributed by atoms with Gasteiger partial charge in [0.1, 0.15) is 0 Å². The number of nitrogens with zero attached hydrogens (tertiary/aromatic N) is 1. The van der Waals surface area contributed by atoms with Gasteiger partial charge in [0.15, 0.2) is 0 Å². The van der Waals surface area contributed by atoms with Gasteiger partial charge in [-0.1, -0.05) is 41.9 Å². The van der Waals surface area contributed by atoms with Crippen LogP contribution >= 0.6 is 15.9 Å². The SMILES string of the molecule is CC1CN(c2ccc(CBr)cc2)CC1C. The van der Waals surface area contributed by atoms with Crippen LogP contribution in [0.25, 0.3) is 0 Å². The van der Waals surface area contributed by atoms with Gasteiger partial charge < -0.3 is 4.90 Å². The average Bonchev–Trinajstić information content (AvgIpc) is 2.59. The zero-order valence-corrected chi connectivity index (χ0v) is 11.0. The number of benzene rings is 1. The standard InChI is InChI=1S/C13H18BrN/c1-10-8-15(9-11(10)2)13-5-3-12(7-14)4-6-13/h3-6,10-11H,7-9H2,1-2H3. The first-order valence-electron chi connectivity index (χ1n) is 5.60. The van der Waals surface area contributed by atoms with Crippen LogP contribution in [-0.4, -0.2) is 13.1 Å². The Morgan fingerprint density at radius 2 is 1.67 bits per heavy atom. The zero-order chi connectivity index (χ0) is 10.8. The fourth-order valence-electron chi connectivity index (χ4n) is 2.14. The number of hydrogen-bond acceptors (Lipinski definition) is 1. The number of anilines is 1. The van der Waals surface area contributed by atoms with Crippen LogP contribution in [0.5, 0.6) is 0 Å². The van der Waals surface area contributed by atoms with Crippen molar-refractivity contribution in [2.24, 2.45) is 11.8 Å². The van der Waals surface area contributed by atoms with E-state index in [4.69, 9.17) is 0 Å². The van der Waals surface area contributed by atoms with Crippen LogP contribution in [-0.2, 0) is 5.33 Å². The van der Waals surface area contributed by atoms with Crippen molar-refractivity contribution in [2.45, 2.75) is 19.2 Å². The van der Waals surface area contributed by atoms with E-state index in [-0.39, 0.29) is 0 Å².